The highest BCUT2D eigenvalue weighted by Crippen LogP contribution is 2.15. The number of rotatable bonds is 8. The Morgan fingerprint density at radius 3 is 2.33 bits per heavy atom. The number of hydrogen-bond donors (Lipinski definition) is 2. The van der Waals surface area contributed by atoms with Crippen molar-refractivity contribution >= 4 is 23.4 Å². The number of para-hydroxylation sites is 1. The summed E-state index contributed by atoms with van der Waals surface area (Å²) in [6.45, 7) is 2.20. The lowest BCUT2D eigenvalue weighted by Gasteiger charge is -2.18. The van der Waals surface area contributed by atoms with Crippen molar-refractivity contribution in [3.05, 3.63) is 65.7 Å². The normalized spacial score (nSPS) is 10.1. The molecule has 0 radical (unpaired) electrons. The highest BCUT2D eigenvalue weighted by molar-refractivity contribution is 5.96. The maximum absolute atomic E-state index is 12.2. The van der Waals surface area contributed by atoms with E-state index >= 15 is 0 Å². The molecule has 2 rings (SSSR count). The van der Waals surface area contributed by atoms with Gasteiger partial charge in [0.05, 0.1) is 6.54 Å². The predicted octanol–water partition coefficient (Wildman–Crippen LogP) is 2.47. The number of nitrogens with zero attached hydrogens (tertiary/aromatic N) is 1. The topological polar surface area (TPSA) is 78.5 Å². The highest BCUT2D eigenvalue weighted by Gasteiger charge is 2.14. The number of anilines is 1. The van der Waals surface area contributed by atoms with Crippen molar-refractivity contribution in [2.45, 2.75) is 19.8 Å². The van der Waals surface area contributed by atoms with Crippen molar-refractivity contribution < 1.29 is 14.4 Å². The van der Waals surface area contributed by atoms with Gasteiger partial charge in [-0.1, -0.05) is 43.3 Å². The van der Waals surface area contributed by atoms with E-state index in [0.29, 0.717) is 5.56 Å². The van der Waals surface area contributed by atoms with E-state index in [2.05, 4.69) is 10.6 Å². The van der Waals surface area contributed by atoms with Crippen molar-refractivity contribution in [2.24, 2.45) is 0 Å². The third-order valence-corrected chi connectivity index (χ3v) is 4.14. The Kier molecular flexibility index (Phi) is 7.55. The molecule has 2 aromatic rings. The van der Waals surface area contributed by atoms with Crippen LogP contribution in [0.3, 0.4) is 0 Å². The van der Waals surface area contributed by atoms with Gasteiger partial charge in [0.15, 0.2) is 0 Å². The van der Waals surface area contributed by atoms with Crippen LogP contribution < -0.4 is 10.6 Å². The fraction of sp³-hybridized carbons (Fsp3) is 0.286. The molecule has 0 heterocycles. The minimum absolute atomic E-state index is 0.0382. The fourth-order valence-electron chi connectivity index (χ4n) is 2.61. The second kappa shape index (κ2) is 10.1. The van der Waals surface area contributed by atoms with Crippen molar-refractivity contribution in [3.8, 4) is 0 Å². The molecule has 2 aromatic carbocycles. The number of amides is 3. The Balaban J connectivity index is 1.76. The van der Waals surface area contributed by atoms with Gasteiger partial charge in [-0.25, -0.2) is 0 Å². The number of hydrogen-bond acceptors (Lipinski definition) is 3. The Morgan fingerprint density at radius 2 is 1.63 bits per heavy atom. The average Bonchev–Trinajstić information content (AvgIpc) is 2.68. The molecule has 0 atom stereocenters. The first-order valence-corrected chi connectivity index (χ1v) is 8.96. The molecule has 142 valence electrons. The van der Waals surface area contributed by atoms with Crippen LogP contribution >= 0.6 is 0 Å². The van der Waals surface area contributed by atoms with Gasteiger partial charge in [0.25, 0.3) is 5.91 Å². The summed E-state index contributed by atoms with van der Waals surface area (Å²) in [7, 11) is 1.58. The molecule has 0 aliphatic heterocycles. The van der Waals surface area contributed by atoms with Crippen LogP contribution in [0.5, 0.6) is 0 Å². The Hall–Kier alpha value is -3.15. The summed E-state index contributed by atoms with van der Waals surface area (Å²) in [5.74, 6) is -0.678. The maximum atomic E-state index is 12.2. The molecular weight excluding hydrogens is 342 g/mol. The zero-order valence-corrected chi connectivity index (χ0v) is 15.7. The molecular formula is C21H25N3O3. The predicted molar refractivity (Wildman–Crippen MR) is 105 cm³/mol. The van der Waals surface area contributed by atoms with E-state index in [-0.39, 0.29) is 37.2 Å². The lowest BCUT2D eigenvalue weighted by Crippen LogP contribution is -2.37. The summed E-state index contributed by atoms with van der Waals surface area (Å²) >= 11 is 0. The quantitative estimate of drug-likeness (QED) is 0.752. The number of benzene rings is 2. The zero-order chi connectivity index (χ0) is 19.6. The van der Waals surface area contributed by atoms with Crippen molar-refractivity contribution in [1.82, 2.24) is 10.2 Å². The average molecular weight is 367 g/mol. The minimum atomic E-state index is -0.250. The molecule has 6 nitrogen and oxygen atoms in total. The molecule has 0 spiro atoms. The molecule has 0 aliphatic rings. The summed E-state index contributed by atoms with van der Waals surface area (Å²) in [5.41, 5.74) is 2.36. The molecule has 2 N–H and O–H groups in total. The first-order chi connectivity index (χ1) is 13.0. The third-order valence-electron chi connectivity index (χ3n) is 4.14. The van der Waals surface area contributed by atoms with Crippen LogP contribution in [0.1, 0.15) is 29.3 Å². The van der Waals surface area contributed by atoms with Crippen LogP contribution in [0.25, 0.3) is 0 Å². The molecule has 0 aromatic heterocycles. The summed E-state index contributed by atoms with van der Waals surface area (Å²) in [4.78, 5) is 37.7. The Bertz CT molecular complexity index is 790. The first kappa shape index (κ1) is 20.2. The van der Waals surface area contributed by atoms with Gasteiger partial charge in [0.1, 0.15) is 0 Å². The highest BCUT2D eigenvalue weighted by atomic mass is 16.2. The molecule has 27 heavy (non-hydrogen) atoms. The summed E-state index contributed by atoms with van der Waals surface area (Å²) in [6, 6.07) is 16.4. The van der Waals surface area contributed by atoms with E-state index in [1.54, 1.807) is 31.3 Å². The van der Waals surface area contributed by atoms with E-state index in [1.807, 2.05) is 37.3 Å². The van der Waals surface area contributed by atoms with Gasteiger partial charge >= 0.3 is 0 Å². The van der Waals surface area contributed by atoms with Crippen LogP contribution in [0.2, 0.25) is 0 Å². The van der Waals surface area contributed by atoms with Crippen molar-refractivity contribution in [3.63, 3.8) is 0 Å². The number of aryl methyl sites for hydroxylation is 1. The monoisotopic (exact) mass is 367 g/mol. The van der Waals surface area contributed by atoms with Gasteiger partial charge in [0, 0.05) is 31.3 Å². The van der Waals surface area contributed by atoms with Crippen LogP contribution in [0, 0.1) is 0 Å². The van der Waals surface area contributed by atoms with Crippen molar-refractivity contribution in [2.75, 3.05) is 25.5 Å². The molecule has 3 amide bonds. The van der Waals surface area contributed by atoms with Gasteiger partial charge in [-0.15, -0.1) is 0 Å². The molecule has 0 saturated carbocycles. The maximum Gasteiger partial charge on any atom is 0.251 e. The van der Waals surface area contributed by atoms with E-state index in [4.69, 9.17) is 0 Å². The van der Waals surface area contributed by atoms with Gasteiger partial charge < -0.3 is 15.5 Å². The Labute approximate surface area is 159 Å². The molecule has 6 heteroatoms. The lowest BCUT2D eigenvalue weighted by molar-refractivity contribution is -0.133. The summed E-state index contributed by atoms with van der Waals surface area (Å²) < 4.78 is 0. The molecule has 0 unspecified atom stereocenters. The van der Waals surface area contributed by atoms with E-state index in [1.165, 1.54) is 4.90 Å². The largest absolute Gasteiger partial charge is 0.352 e. The second-order valence-corrected chi connectivity index (χ2v) is 6.18. The Morgan fingerprint density at radius 1 is 0.963 bits per heavy atom. The number of carbonyl (C=O) groups is 3. The standard InChI is InChI=1S/C21H25N3O3/c1-3-16-9-7-8-12-18(16)23-19(25)15-24(2)20(26)13-14-22-21(27)17-10-5-4-6-11-17/h4-12H,3,13-15H2,1-2H3,(H,22,27)(H,23,25). The smallest absolute Gasteiger partial charge is 0.251 e. The summed E-state index contributed by atoms with van der Waals surface area (Å²) in [5, 5.41) is 5.55. The molecule has 0 aliphatic carbocycles. The SMILES string of the molecule is CCc1ccccc1NC(=O)CN(C)C(=O)CCNC(=O)c1ccccc1. The van der Waals surface area contributed by atoms with Gasteiger partial charge in [-0.2, -0.15) is 0 Å². The molecule has 0 fully saturated rings. The first-order valence-electron chi connectivity index (χ1n) is 8.96. The number of nitrogens with one attached hydrogen (secondary N) is 2. The summed E-state index contributed by atoms with van der Waals surface area (Å²) in [6.07, 6.45) is 0.945. The molecule has 0 bridgehead atoms. The van der Waals surface area contributed by atoms with Crippen LogP contribution in [-0.4, -0.2) is 42.8 Å². The van der Waals surface area contributed by atoms with Gasteiger partial charge in [0.2, 0.25) is 11.8 Å². The second-order valence-electron chi connectivity index (χ2n) is 6.18. The number of carbonyl (C=O) groups excluding carboxylic acids is 3. The zero-order valence-electron chi connectivity index (χ0n) is 15.7. The lowest BCUT2D eigenvalue weighted by atomic mass is 10.1. The van der Waals surface area contributed by atoms with Crippen LogP contribution in [-0.2, 0) is 16.0 Å². The molecule has 0 saturated heterocycles. The minimum Gasteiger partial charge on any atom is -0.352 e. The fourth-order valence-corrected chi connectivity index (χ4v) is 2.61. The third kappa shape index (κ3) is 6.26. The van der Waals surface area contributed by atoms with Gasteiger partial charge in [-0.05, 0) is 30.2 Å². The van der Waals surface area contributed by atoms with E-state index < -0.39 is 0 Å². The van der Waals surface area contributed by atoms with Crippen LogP contribution in [0.4, 0.5) is 5.69 Å². The van der Waals surface area contributed by atoms with E-state index in [9.17, 15) is 14.4 Å². The van der Waals surface area contributed by atoms with Gasteiger partial charge in [-0.3, -0.25) is 14.4 Å². The van der Waals surface area contributed by atoms with E-state index in [0.717, 1.165) is 17.7 Å². The van der Waals surface area contributed by atoms with Crippen molar-refractivity contribution in [1.29, 1.82) is 0 Å². The number of likely N-dealkylation sites (N-methyl/N-ethyl adjacent to an activating group) is 1. The van der Waals surface area contributed by atoms with Crippen LogP contribution in [0.15, 0.2) is 54.6 Å².